The average molecular weight is 299 g/mol. The summed E-state index contributed by atoms with van der Waals surface area (Å²) < 4.78 is 5.45. The Morgan fingerprint density at radius 2 is 2.10 bits per heavy atom. The topological polar surface area (TPSA) is 50.4 Å². The molecule has 0 fully saturated rings. The van der Waals surface area contributed by atoms with Crippen molar-refractivity contribution in [2.45, 2.75) is 40.2 Å². The fourth-order valence-electron chi connectivity index (χ4n) is 1.86. The van der Waals surface area contributed by atoms with Crippen LogP contribution in [-0.2, 0) is 6.42 Å². The molecule has 0 aliphatic rings. The average Bonchev–Trinajstić information content (AvgIpc) is 2.34. The molecule has 0 aliphatic heterocycles. The quantitative estimate of drug-likeness (QED) is 0.846. The Bertz CT molecular complexity index is 461. The van der Waals surface area contributed by atoms with Crippen molar-refractivity contribution in [2.24, 2.45) is 0 Å². The van der Waals surface area contributed by atoms with Crippen LogP contribution in [0.4, 0.5) is 4.79 Å². The van der Waals surface area contributed by atoms with E-state index in [1.54, 1.807) is 0 Å². The Hall–Kier alpha value is -1.42. The summed E-state index contributed by atoms with van der Waals surface area (Å²) in [5.41, 5.74) is 2.23. The number of benzene rings is 1. The van der Waals surface area contributed by atoms with Crippen LogP contribution >= 0.6 is 11.6 Å². The number of carbonyl (C=O) groups excluding carboxylic acids is 1. The summed E-state index contributed by atoms with van der Waals surface area (Å²) in [7, 11) is 0. The van der Waals surface area contributed by atoms with Gasteiger partial charge in [0.15, 0.2) is 0 Å². The van der Waals surface area contributed by atoms with Gasteiger partial charge in [-0.3, -0.25) is 0 Å². The van der Waals surface area contributed by atoms with Crippen molar-refractivity contribution in [3.63, 3.8) is 0 Å². The molecule has 0 saturated carbocycles. The van der Waals surface area contributed by atoms with Crippen LogP contribution in [0.2, 0.25) is 5.02 Å². The van der Waals surface area contributed by atoms with Gasteiger partial charge in [0, 0.05) is 12.6 Å². The molecule has 0 unspecified atom stereocenters. The zero-order valence-corrected chi connectivity index (χ0v) is 13.3. The predicted molar refractivity (Wildman–Crippen MR) is 82.7 cm³/mol. The first-order chi connectivity index (χ1) is 9.43. The van der Waals surface area contributed by atoms with Crippen LogP contribution < -0.4 is 15.4 Å². The third-order valence-electron chi connectivity index (χ3n) is 2.79. The maximum absolute atomic E-state index is 11.5. The Morgan fingerprint density at radius 3 is 2.70 bits per heavy atom. The van der Waals surface area contributed by atoms with Gasteiger partial charge in [0.25, 0.3) is 0 Å². The van der Waals surface area contributed by atoms with Crippen molar-refractivity contribution < 1.29 is 9.53 Å². The lowest BCUT2D eigenvalue weighted by Crippen LogP contribution is -2.40. The van der Waals surface area contributed by atoms with Crippen LogP contribution in [0.3, 0.4) is 0 Å². The van der Waals surface area contributed by atoms with Gasteiger partial charge in [-0.2, -0.15) is 0 Å². The monoisotopic (exact) mass is 298 g/mol. The zero-order chi connectivity index (χ0) is 15.1. The van der Waals surface area contributed by atoms with Crippen molar-refractivity contribution in [3.05, 3.63) is 28.3 Å². The summed E-state index contributed by atoms with van der Waals surface area (Å²) >= 11 is 6.17. The van der Waals surface area contributed by atoms with Crippen LogP contribution in [0.15, 0.2) is 12.1 Å². The van der Waals surface area contributed by atoms with Gasteiger partial charge in [0.05, 0.1) is 11.6 Å². The summed E-state index contributed by atoms with van der Waals surface area (Å²) in [6, 6.07) is 3.84. The van der Waals surface area contributed by atoms with E-state index in [0.29, 0.717) is 23.9 Å². The van der Waals surface area contributed by atoms with E-state index in [1.165, 1.54) is 0 Å². The molecule has 5 heteroatoms. The van der Waals surface area contributed by atoms with E-state index >= 15 is 0 Å². The number of nitrogens with one attached hydrogen (secondary N) is 2. The highest BCUT2D eigenvalue weighted by Crippen LogP contribution is 2.28. The lowest BCUT2D eigenvalue weighted by Gasteiger charge is -2.13. The third-order valence-corrected chi connectivity index (χ3v) is 3.09. The largest absolute Gasteiger partial charge is 0.492 e. The number of hydrogen-bond donors (Lipinski definition) is 2. The Balaban J connectivity index is 2.56. The van der Waals surface area contributed by atoms with Crippen molar-refractivity contribution in [3.8, 4) is 5.75 Å². The molecule has 4 nitrogen and oxygen atoms in total. The predicted octanol–water partition coefficient (Wildman–Crippen LogP) is 3.30. The Morgan fingerprint density at radius 1 is 1.40 bits per heavy atom. The lowest BCUT2D eigenvalue weighted by molar-refractivity contribution is 0.238. The Labute approximate surface area is 125 Å². The second-order valence-electron chi connectivity index (χ2n) is 4.95. The molecule has 1 aromatic carbocycles. The molecule has 112 valence electrons. The Kier molecular flexibility index (Phi) is 6.65. The van der Waals surface area contributed by atoms with E-state index < -0.39 is 0 Å². The summed E-state index contributed by atoms with van der Waals surface area (Å²) in [6.07, 6.45) is 0.740. The molecule has 0 saturated heterocycles. The van der Waals surface area contributed by atoms with E-state index in [1.807, 2.05) is 39.8 Å². The first-order valence-corrected chi connectivity index (χ1v) is 7.28. The van der Waals surface area contributed by atoms with E-state index in [0.717, 1.165) is 17.5 Å². The number of amides is 2. The molecule has 0 aliphatic carbocycles. The first kappa shape index (κ1) is 16.6. The molecule has 1 rings (SSSR count). The van der Waals surface area contributed by atoms with Gasteiger partial charge in [-0.25, -0.2) is 4.79 Å². The van der Waals surface area contributed by atoms with Crippen LogP contribution in [0.5, 0.6) is 5.75 Å². The number of rotatable bonds is 6. The van der Waals surface area contributed by atoms with Crippen molar-refractivity contribution in [1.29, 1.82) is 0 Å². The standard InChI is InChI=1S/C15H23ClN2O2/c1-5-20-14-8-11(4)12(9-13(14)16)6-7-17-15(19)18-10(2)3/h8-10H,5-7H2,1-4H3,(H2,17,18,19). The number of ether oxygens (including phenoxy) is 1. The normalized spacial score (nSPS) is 10.5. The summed E-state index contributed by atoms with van der Waals surface area (Å²) in [6.45, 7) is 8.96. The zero-order valence-electron chi connectivity index (χ0n) is 12.5. The molecular weight excluding hydrogens is 276 g/mol. The van der Waals surface area contributed by atoms with Crippen molar-refractivity contribution >= 4 is 17.6 Å². The summed E-state index contributed by atoms with van der Waals surface area (Å²) in [5, 5.41) is 6.22. The SMILES string of the molecule is CCOc1cc(C)c(CCNC(=O)NC(C)C)cc1Cl. The highest BCUT2D eigenvalue weighted by molar-refractivity contribution is 6.32. The van der Waals surface area contributed by atoms with Crippen molar-refractivity contribution in [2.75, 3.05) is 13.2 Å². The van der Waals surface area contributed by atoms with Gasteiger partial charge in [0.2, 0.25) is 0 Å². The minimum atomic E-state index is -0.144. The van der Waals surface area contributed by atoms with Crippen molar-refractivity contribution in [1.82, 2.24) is 10.6 Å². The highest BCUT2D eigenvalue weighted by atomic mass is 35.5. The van der Waals surface area contributed by atoms with Crippen LogP contribution in [-0.4, -0.2) is 25.2 Å². The van der Waals surface area contributed by atoms with Gasteiger partial charge in [-0.1, -0.05) is 11.6 Å². The molecule has 0 radical (unpaired) electrons. The van der Waals surface area contributed by atoms with Crippen LogP contribution in [0.1, 0.15) is 31.9 Å². The summed E-state index contributed by atoms with van der Waals surface area (Å²) in [4.78, 5) is 11.5. The molecule has 0 spiro atoms. The fourth-order valence-corrected chi connectivity index (χ4v) is 2.10. The minimum Gasteiger partial charge on any atom is -0.492 e. The highest BCUT2D eigenvalue weighted by Gasteiger charge is 2.08. The van der Waals surface area contributed by atoms with Crippen LogP contribution in [0, 0.1) is 6.92 Å². The maximum Gasteiger partial charge on any atom is 0.314 e. The first-order valence-electron chi connectivity index (χ1n) is 6.90. The second kappa shape index (κ2) is 8.00. The van der Waals surface area contributed by atoms with Gasteiger partial charge in [-0.15, -0.1) is 0 Å². The molecule has 1 aromatic rings. The molecule has 2 amide bonds. The number of urea groups is 1. The van der Waals surface area contributed by atoms with Gasteiger partial charge >= 0.3 is 6.03 Å². The fraction of sp³-hybridized carbons (Fsp3) is 0.533. The second-order valence-corrected chi connectivity index (χ2v) is 5.35. The third kappa shape index (κ3) is 5.29. The van der Waals surface area contributed by atoms with E-state index in [9.17, 15) is 4.79 Å². The number of aryl methyl sites for hydroxylation is 1. The maximum atomic E-state index is 11.5. The number of carbonyl (C=O) groups is 1. The molecule has 0 aromatic heterocycles. The smallest absolute Gasteiger partial charge is 0.314 e. The van der Waals surface area contributed by atoms with Crippen LogP contribution in [0.25, 0.3) is 0 Å². The van der Waals surface area contributed by atoms with Gasteiger partial charge in [0.1, 0.15) is 5.75 Å². The molecule has 0 heterocycles. The van der Waals surface area contributed by atoms with E-state index in [-0.39, 0.29) is 12.1 Å². The number of hydrogen-bond acceptors (Lipinski definition) is 2. The molecule has 20 heavy (non-hydrogen) atoms. The minimum absolute atomic E-state index is 0.136. The lowest BCUT2D eigenvalue weighted by atomic mass is 10.1. The van der Waals surface area contributed by atoms with E-state index in [2.05, 4.69) is 10.6 Å². The van der Waals surface area contributed by atoms with Gasteiger partial charge < -0.3 is 15.4 Å². The molecule has 0 atom stereocenters. The molecule has 2 N–H and O–H groups in total. The summed E-state index contributed by atoms with van der Waals surface area (Å²) in [5.74, 6) is 0.709. The molecule has 0 bridgehead atoms. The van der Waals surface area contributed by atoms with Gasteiger partial charge in [-0.05, 0) is 57.4 Å². The van der Waals surface area contributed by atoms with E-state index in [4.69, 9.17) is 16.3 Å². The molecular formula is C15H23ClN2O2. The number of halogens is 1.